The van der Waals surface area contributed by atoms with Crippen LogP contribution in [-0.4, -0.2) is 26.7 Å². The maximum absolute atomic E-state index is 11.7. The van der Waals surface area contributed by atoms with E-state index in [2.05, 4.69) is 16.6 Å². The Morgan fingerprint density at radius 2 is 1.86 bits per heavy atom. The van der Waals surface area contributed by atoms with Gasteiger partial charge in [0.25, 0.3) is 0 Å². The maximum Gasteiger partial charge on any atom is 0.412 e. The lowest BCUT2D eigenvalue weighted by atomic mass is 10.2. The third-order valence-corrected chi connectivity index (χ3v) is 3.72. The highest BCUT2D eigenvalue weighted by Crippen LogP contribution is 2.14. The van der Waals surface area contributed by atoms with Gasteiger partial charge in [0.15, 0.2) is 0 Å². The fourth-order valence-electron chi connectivity index (χ4n) is 1.56. The molecule has 0 spiro atoms. The van der Waals surface area contributed by atoms with Gasteiger partial charge in [-0.25, -0.2) is 17.9 Å². The highest BCUT2D eigenvalue weighted by Gasteiger charge is 2.16. The summed E-state index contributed by atoms with van der Waals surface area (Å²) in [4.78, 5) is 11.6. The normalized spacial score (nSPS) is 11.8. The standard InChI is InChI=1S/C15H22N2O4S/c1-5-10-16-22(19,20)11-12-6-8-13(9-7-12)17-14(18)21-15(2,3)4/h5-9,16H,1,10-11H2,2-4H3,(H,17,18). The Bertz CT molecular complexity index is 616. The molecule has 1 aromatic carbocycles. The van der Waals surface area contributed by atoms with Crippen LogP contribution in [0.1, 0.15) is 26.3 Å². The molecule has 1 rings (SSSR count). The van der Waals surface area contributed by atoms with Crippen molar-refractivity contribution in [3.8, 4) is 0 Å². The number of anilines is 1. The van der Waals surface area contributed by atoms with Gasteiger partial charge in [0.05, 0.1) is 5.75 Å². The quantitative estimate of drug-likeness (QED) is 0.787. The van der Waals surface area contributed by atoms with Crippen LogP contribution in [0, 0.1) is 0 Å². The molecule has 0 fully saturated rings. The van der Waals surface area contributed by atoms with Gasteiger partial charge in [-0.2, -0.15) is 0 Å². The molecule has 6 nitrogen and oxygen atoms in total. The molecule has 0 aromatic heterocycles. The molecule has 7 heteroatoms. The predicted molar refractivity (Wildman–Crippen MR) is 87.1 cm³/mol. The second kappa shape index (κ2) is 7.42. The van der Waals surface area contributed by atoms with Crippen molar-refractivity contribution in [3.05, 3.63) is 42.5 Å². The molecular weight excluding hydrogens is 304 g/mol. The van der Waals surface area contributed by atoms with E-state index in [4.69, 9.17) is 4.74 Å². The lowest BCUT2D eigenvalue weighted by molar-refractivity contribution is 0.0636. The van der Waals surface area contributed by atoms with E-state index >= 15 is 0 Å². The SMILES string of the molecule is C=CCNS(=O)(=O)Cc1ccc(NC(=O)OC(C)(C)C)cc1. The minimum Gasteiger partial charge on any atom is -0.444 e. The maximum atomic E-state index is 11.7. The minimum atomic E-state index is -3.39. The van der Waals surface area contributed by atoms with Crippen LogP contribution >= 0.6 is 0 Å². The Balaban J connectivity index is 2.63. The van der Waals surface area contributed by atoms with E-state index in [0.29, 0.717) is 11.3 Å². The Morgan fingerprint density at radius 1 is 1.27 bits per heavy atom. The Labute approximate surface area is 131 Å². The van der Waals surface area contributed by atoms with Crippen LogP contribution in [0.2, 0.25) is 0 Å². The van der Waals surface area contributed by atoms with Crippen LogP contribution in [-0.2, 0) is 20.5 Å². The molecule has 0 saturated carbocycles. The van der Waals surface area contributed by atoms with Gasteiger partial charge in [-0.1, -0.05) is 18.2 Å². The number of carbonyl (C=O) groups is 1. The van der Waals surface area contributed by atoms with E-state index in [9.17, 15) is 13.2 Å². The van der Waals surface area contributed by atoms with Gasteiger partial charge in [-0.15, -0.1) is 6.58 Å². The van der Waals surface area contributed by atoms with Crippen molar-refractivity contribution in [3.63, 3.8) is 0 Å². The summed E-state index contributed by atoms with van der Waals surface area (Å²) in [5, 5.41) is 2.58. The molecule has 0 atom stereocenters. The molecule has 0 aliphatic heterocycles. The molecule has 1 amide bonds. The molecule has 0 radical (unpaired) electrons. The van der Waals surface area contributed by atoms with Crippen LogP contribution < -0.4 is 10.0 Å². The number of rotatable bonds is 6. The van der Waals surface area contributed by atoms with Crippen molar-refractivity contribution < 1.29 is 17.9 Å². The van der Waals surface area contributed by atoms with E-state index < -0.39 is 21.7 Å². The average molecular weight is 326 g/mol. The number of sulfonamides is 1. The summed E-state index contributed by atoms with van der Waals surface area (Å²) in [5.74, 6) is -0.131. The van der Waals surface area contributed by atoms with Crippen LogP contribution in [0.5, 0.6) is 0 Å². The lowest BCUT2D eigenvalue weighted by Crippen LogP contribution is -2.27. The van der Waals surface area contributed by atoms with Crippen molar-refractivity contribution in [1.29, 1.82) is 0 Å². The number of benzene rings is 1. The third kappa shape index (κ3) is 7.24. The third-order valence-electron chi connectivity index (χ3n) is 2.40. The Morgan fingerprint density at radius 3 is 2.36 bits per heavy atom. The van der Waals surface area contributed by atoms with Crippen molar-refractivity contribution in [2.75, 3.05) is 11.9 Å². The van der Waals surface area contributed by atoms with Gasteiger partial charge < -0.3 is 4.74 Å². The number of hydrogen-bond donors (Lipinski definition) is 2. The molecular formula is C15H22N2O4S. The summed E-state index contributed by atoms with van der Waals surface area (Å²) in [5.41, 5.74) is 0.579. The number of hydrogen-bond acceptors (Lipinski definition) is 4. The zero-order chi connectivity index (χ0) is 16.8. The van der Waals surface area contributed by atoms with Crippen molar-refractivity contribution >= 4 is 21.8 Å². The van der Waals surface area contributed by atoms with Crippen molar-refractivity contribution in [1.82, 2.24) is 4.72 Å². The first-order chi connectivity index (χ1) is 10.1. The largest absolute Gasteiger partial charge is 0.444 e. The van der Waals surface area contributed by atoms with Gasteiger partial charge >= 0.3 is 6.09 Å². The molecule has 122 valence electrons. The van der Waals surface area contributed by atoms with Crippen molar-refractivity contribution in [2.24, 2.45) is 0 Å². The summed E-state index contributed by atoms with van der Waals surface area (Å²) < 4.78 is 31.0. The number of amides is 1. The summed E-state index contributed by atoms with van der Waals surface area (Å²) >= 11 is 0. The molecule has 0 bridgehead atoms. The minimum absolute atomic E-state index is 0.131. The number of ether oxygens (including phenoxy) is 1. The van der Waals surface area contributed by atoms with Crippen LogP contribution in [0.15, 0.2) is 36.9 Å². The van der Waals surface area contributed by atoms with Gasteiger partial charge in [0.1, 0.15) is 5.60 Å². The first kappa shape index (κ1) is 18.2. The van der Waals surface area contributed by atoms with E-state index in [1.807, 2.05) is 0 Å². The van der Waals surface area contributed by atoms with Gasteiger partial charge in [0.2, 0.25) is 10.0 Å². The summed E-state index contributed by atoms with van der Waals surface area (Å²) in [7, 11) is -3.39. The highest BCUT2D eigenvalue weighted by atomic mass is 32.2. The van der Waals surface area contributed by atoms with E-state index in [-0.39, 0.29) is 12.3 Å². The molecule has 0 aliphatic carbocycles. The first-order valence-corrected chi connectivity index (χ1v) is 8.44. The predicted octanol–water partition coefficient (Wildman–Crippen LogP) is 2.64. The van der Waals surface area contributed by atoms with E-state index in [1.165, 1.54) is 6.08 Å². The highest BCUT2D eigenvalue weighted by molar-refractivity contribution is 7.88. The Kier molecular flexibility index (Phi) is 6.13. The number of nitrogens with one attached hydrogen (secondary N) is 2. The van der Waals surface area contributed by atoms with Crippen LogP contribution in [0.3, 0.4) is 0 Å². The monoisotopic (exact) mass is 326 g/mol. The van der Waals surface area contributed by atoms with E-state index in [1.54, 1.807) is 45.0 Å². The zero-order valence-corrected chi connectivity index (χ0v) is 13.9. The molecule has 0 unspecified atom stereocenters. The Hall–Kier alpha value is -1.86. The summed E-state index contributed by atoms with van der Waals surface area (Å²) in [6.45, 7) is 8.98. The molecule has 1 aromatic rings. The van der Waals surface area contributed by atoms with Gasteiger partial charge in [-0.05, 0) is 38.5 Å². The smallest absolute Gasteiger partial charge is 0.412 e. The molecule has 2 N–H and O–H groups in total. The second-order valence-electron chi connectivity index (χ2n) is 5.72. The first-order valence-electron chi connectivity index (χ1n) is 6.78. The summed E-state index contributed by atoms with van der Waals surface area (Å²) in [6.07, 6.45) is 0.923. The number of carbonyl (C=O) groups excluding carboxylic acids is 1. The average Bonchev–Trinajstić information content (AvgIpc) is 2.36. The molecule has 0 saturated heterocycles. The molecule has 0 heterocycles. The van der Waals surface area contributed by atoms with Crippen LogP contribution in [0.25, 0.3) is 0 Å². The zero-order valence-electron chi connectivity index (χ0n) is 13.0. The molecule has 22 heavy (non-hydrogen) atoms. The fourth-order valence-corrected chi connectivity index (χ4v) is 2.67. The summed E-state index contributed by atoms with van der Waals surface area (Å²) in [6, 6.07) is 6.53. The second-order valence-corrected chi connectivity index (χ2v) is 7.53. The van der Waals surface area contributed by atoms with Crippen LogP contribution in [0.4, 0.5) is 10.5 Å². The fraction of sp³-hybridized carbons (Fsp3) is 0.400. The van der Waals surface area contributed by atoms with E-state index in [0.717, 1.165) is 0 Å². The lowest BCUT2D eigenvalue weighted by Gasteiger charge is -2.19. The van der Waals surface area contributed by atoms with Gasteiger partial charge in [0, 0.05) is 12.2 Å². The van der Waals surface area contributed by atoms with Gasteiger partial charge in [-0.3, -0.25) is 5.32 Å². The van der Waals surface area contributed by atoms with Crippen molar-refractivity contribution in [2.45, 2.75) is 32.1 Å². The topological polar surface area (TPSA) is 84.5 Å². The molecule has 0 aliphatic rings.